The molecule has 10 rings (SSSR count). The van der Waals surface area contributed by atoms with Crippen molar-refractivity contribution in [2.24, 2.45) is 0 Å². The van der Waals surface area contributed by atoms with Gasteiger partial charge in [-0.2, -0.15) is 0 Å². The number of hydrogen-bond acceptors (Lipinski definition) is 1. The Bertz CT molecular complexity index is 2850. The zero-order chi connectivity index (χ0) is 37.6. The summed E-state index contributed by atoms with van der Waals surface area (Å²) in [5, 5.41) is 2.50. The van der Waals surface area contributed by atoms with Crippen LogP contribution in [0.3, 0.4) is 0 Å². The summed E-state index contributed by atoms with van der Waals surface area (Å²) in [6.45, 7) is 4.75. The minimum Gasteiger partial charge on any atom is -0.310 e. The summed E-state index contributed by atoms with van der Waals surface area (Å²) in [5.74, 6) is 0. The van der Waals surface area contributed by atoms with Gasteiger partial charge in [0.1, 0.15) is 0 Å². The fraction of sp³-hybridized carbons (Fsp3) is 0.0545. The van der Waals surface area contributed by atoms with Crippen LogP contribution in [0, 0.1) is 0 Å². The van der Waals surface area contributed by atoms with Gasteiger partial charge in [0.05, 0.1) is 0 Å². The van der Waals surface area contributed by atoms with Crippen LogP contribution < -0.4 is 4.90 Å². The van der Waals surface area contributed by atoms with E-state index >= 15 is 0 Å². The molecule has 0 heterocycles. The summed E-state index contributed by atoms with van der Waals surface area (Å²) in [4.78, 5) is 2.41. The highest BCUT2D eigenvalue weighted by molar-refractivity contribution is 6.04. The maximum atomic E-state index is 2.43. The summed E-state index contributed by atoms with van der Waals surface area (Å²) in [6, 6.07) is 77.5. The Kier molecular flexibility index (Phi) is 8.23. The standard InChI is InChI=1S/C55H41N/c1-55(2)51-27-15-26-48(41-30-28-39(29-31-41)38-16-6-3-7-17-38)54(51)50-35-33-46(37-52(50)55)56(44-22-10-5-11-23-44)45-24-14-21-43(36-45)49-34-32-40-18-12-13-25-47(40)53(49)42-19-8-4-9-20-42/h3-37H,1-2H3. The van der Waals surface area contributed by atoms with Gasteiger partial charge in [-0.15, -0.1) is 0 Å². The van der Waals surface area contributed by atoms with Crippen molar-refractivity contribution in [3.63, 3.8) is 0 Å². The first-order valence-electron chi connectivity index (χ1n) is 19.5. The minimum atomic E-state index is -0.180. The quantitative estimate of drug-likeness (QED) is 0.159. The highest BCUT2D eigenvalue weighted by atomic mass is 15.1. The van der Waals surface area contributed by atoms with E-state index in [9.17, 15) is 0 Å². The molecule has 0 unspecified atom stereocenters. The molecule has 0 fully saturated rings. The second-order valence-corrected chi connectivity index (χ2v) is 15.3. The topological polar surface area (TPSA) is 3.24 Å². The average Bonchev–Trinajstić information content (AvgIpc) is 3.50. The maximum Gasteiger partial charge on any atom is 0.0467 e. The van der Waals surface area contributed by atoms with Crippen LogP contribution in [-0.2, 0) is 5.41 Å². The normalized spacial score (nSPS) is 12.6. The van der Waals surface area contributed by atoms with Crippen LogP contribution in [0.25, 0.3) is 66.4 Å². The summed E-state index contributed by atoms with van der Waals surface area (Å²) in [5.41, 5.74) is 18.4. The predicted molar refractivity (Wildman–Crippen MR) is 238 cm³/mol. The van der Waals surface area contributed by atoms with Gasteiger partial charge in [-0.1, -0.05) is 190 Å². The van der Waals surface area contributed by atoms with Crippen LogP contribution in [0.15, 0.2) is 212 Å². The fourth-order valence-corrected chi connectivity index (χ4v) is 8.89. The van der Waals surface area contributed by atoms with E-state index in [0.717, 1.165) is 17.1 Å². The monoisotopic (exact) mass is 715 g/mol. The van der Waals surface area contributed by atoms with Gasteiger partial charge >= 0.3 is 0 Å². The number of fused-ring (bicyclic) bond motifs is 4. The van der Waals surface area contributed by atoms with Crippen LogP contribution in [0.5, 0.6) is 0 Å². The molecular formula is C55H41N. The lowest BCUT2D eigenvalue weighted by Crippen LogP contribution is -2.16. The first-order chi connectivity index (χ1) is 27.5. The Morgan fingerprint density at radius 3 is 1.64 bits per heavy atom. The van der Waals surface area contributed by atoms with E-state index in [0.29, 0.717) is 0 Å². The van der Waals surface area contributed by atoms with Crippen LogP contribution in [-0.4, -0.2) is 0 Å². The molecule has 1 aliphatic carbocycles. The van der Waals surface area contributed by atoms with Crippen LogP contribution in [0.4, 0.5) is 17.1 Å². The molecule has 266 valence electrons. The molecule has 56 heavy (non-hydrogen) atoms. The number of para-hydroxylation sites is 1. The molecule has 0 radical (unpaired) electrons. The fourth-order valence-electron chi connectivity index (χ4n) is 8.89. The van der Waals surface area contributed by atoms with Crippen molar-refractivity contribution in [3.05, 3.63) is 223 Å². The number of rotatable bonds is 7. The van der Waals surface area contributed by atoms with Gasteiger partial charge in [-0.25, -0.2) is 0 Å². The Morgan fingerprint density at radius 1 is 0.321 bits per heavy atom. The van der Waals surface area contributed by atoms with Crippen molar-refractivity contribution >= 4 is 27.8 Å². The summed E-state index contributed by atoms with van der Waals surface area (Å²) in [6.07, 6.45) is 0. The first kappa shape index (κ1) is 33.6. The Labute approximate surface area is 329 Å². The molecule has 1 nitrogen and oxygen atoms in total. The number of anilines is 3. The molecule has 0 aliphatic heterocycles. The molecule has 9 aromatic rings. The minimum absolute atomic E-state index is 0.180. The van der Waals surface area contributed by atoms with Crippen LogP contribution in [0.1, 0.15) is 25.0 Å². The molecule has 0 bridgehead atoms. The highest BCUT2D eigenvalue weighted by Gasteiger charge is 2.37. The molecule has 0 saturated heterocycles. The predicted octanol–water partition coefficient (Wildman–Crippen LogP) is 15.3. The third kappa shape index (κ3) is 5.72. The third-order valence-electron chi connectivity index (χ3n) is 11.7. The average molecular weight is 716 g/mol. The van der Waals surface area contributed by atoms with Gasteiger partial charge in [0.25, 0.3) is 0 Å². The molecule has 0 atom stereocenters. The van der Waals surface area contributed by atoms with Crippen molar-refractivity contribution in [2.45, 2.75) is 19.3 Å². The number of nitrogens with zero attached hydrogens (tertiary/aromatic N) is 1. The van der Waals surface area contributed by atoms with Gasteiger partial charge in [0, 0.05) is 22.5 Å². The van der Waals surface area contributed by atoms with E-state index in [4.69, 9.17) is 0 Å². The van der Waals surface area contributed by atoms with E-state index < -0.39 is 0 Å². The molecule has 0 N–H and O–H groups in total. The summed E-state index contributed by atoms with van der Waals surface area (Å²) < 4.78 is 0. The van der Waals surface area contributed by atoms with Gasteiger partial charge in [-0.05, 0) is 114 Å². The molecule has 0 spiro atoms. The van der Waals surface area contributed by atoms with Crippen LogP contribution >= 0.6 is 0 Å². The largest absolute Gasteiger partial charge is 0.310 e. The Hall–Kier alpha value is -6.96. The Balaban J connectivity index is 1.09. The molecule has 1 heteroatoms. The molecule has 9 aromatic carbocycles. The lowest BCUT2D eigenvalue weighted by atomic mass is 9.81. The number of hydrogen-bond donors (Lipinski definition) is 0. The SMILES string of the molecule is CC1(C)c2cc(N(c3ccccc3)c3cccc(-c4ccc5ccccc5c4-c4ccccc4)c3)ccc2-c2c(-c3ccc(-c4ccccc4)cc3)cccc21. The smallest absolute Gasteiger partial charge is 0.0467 e. The third-order valence-corrected chi connectivity index (χ3v) is 11.7. The maximum absolute atomic E-state index is 2.43. The van der Waals surface area contributed by atoms with Crippen molar-refractivity contribution in [3.8, 4) is 55.6 Å². The molecule has 0 saturated carbocycles. The zero-order valence-electron chi connectivity index (χ0n) is 31.7. The molecular weight excluding hydrogens is 675 g/mol. The number of benzene rings is 9. The summed E-state index contributed by atoms with van der Waals surface area (Å²) >= 11 is 0. The van der Waals surface area contributed by atoms with Crippen molar-refractivity contribution < 1.29 is 0 Å². The van der Waals surface area contributed by atoms with Crippen molar-refractivity contribution in [1.29, 1.82) is 0 Å². The first-order valence-corrected chi connectivity index (χ1v) is 19.5. The van der Waals surface area contributed by atoms with Gasteiger partial charge in [0.15, 0.2) is 0 Å². The van der Waals surface area contributed by atoms with Crippen LogP contribution in [0.2, 0.25) is 0 Å². The van der Waals surface area contributed by atoms with Crippen molar-refractivity contribution in [2.75, 3.05) is 4.90 Å². The van der Waals surface area contributed by atoms with E-state index in [1.165, 1.54) is 77.5 Å². The molecule has 1 aliphatic rings. The van der Waals surface area contributed by atoms with Gasteiger partial charge in [0.2, 0.25) is 0 Å². The van der Waals surface area contributed by atoms with Gasteiger partial charge < -0.3 is 4.90 Å². The second kappa shape index (κ2) is 13.7. The summed E-state index contributed by atoms with van der Waals surface area (Å²) in [7, 11) is 0. The zero-order valence-corrected chi connectivity index (χ0v) is 31.7. The highest BCUT2D eigenvalue weighted by Crippen LogP contribution is 2.54. The lowest BCUT2D eigenvalue weighted by molar-refractivity contribution is 0.660. The van der Waals surface area contributed by atoms with E-state index in [-0.39, 0.29) is 5.41 Å². The van der Waals surface area contributed by atoms with E-state index in [1.54, 1.807) is 0 Å². The lowest BCUT2D eigenvalue weighted by Gasteiger charge is -2.28. The van der Waals surface area contributed by atoms with Crippen molar-refractivity contribution in [1.82, 2.24) is 0 Å². The molecule has 0 aromatic heterocycles. The van der Waals surface area contributed by atoms with E-state index in [1.807, 2.05) is 0 Å². The van der Waals surface area contributed by atoms with Gasteiger partial charge in [-0.3, -0.25) is 0 Å². The molecule has 0 amide bonds. The second-order valence-electron chi connectivity index (χ2n) is 15.3. The van der Waals surface area contributed by atoms with E-state index in [2.05, 4.69) is 231 Å². The Morgan fingerprint density at radius 2 is 0.875 bits per heavy atom.